The molecule has 0 saturated heterocycles. The van der Waals surface area contributed by atoms with Crippen molar-refractivity contribution in [3.05, 3.63) is 77.0 Å². The van der Waals surface area contributed by atoms with Crippen molar-refractivity contribution >= 4 is 16.6 Å². The highest BCUT2D eigenvalue weighted by molar-refractivity contribution is 5.98. The molecule has 0 saturated carbocycles. The van der Waals surface area contributed by atoms with Crippen molar-refractivity contribution < 1.29 is 0 Å². The van der Waals surface area contributed by atoms with Crippen LogP contribution in [0.25, 0.3) is 22.0 Å². The van der Waals surface area contributed by atoms with Crippen molar-refractivity contribution in [3.8, 4) is 17.2 Å². The Morgan fingerprint density at radius 3 is 2.71 bits per heavy atom. The molecule has 1 aromatic heterocycles. The lowest BCUT2D eigenvalue weighted by molar-refractivity contribution is 0.590. The van der Waals surface area contributed by atoms with E-state index in [9.17, 15) is 5.26 Å². The number of rotatable bonds is 3. The minimum atomic E-state index is 0.292. The number of nitrogens with two attached hydrogens (primary N) is 1. The zero-order valence-corrected chi connectivity index (χ0v) is 16.7. The first-order chi connectivity index (χ1) is 13.5. The molecule has 28 heavy (non-hydrogen) atoms. The molecular formula is C25H25N3. The standard InChI is InChI=1S/C25H25N3/c1-4-18-8-10-24(16(2)12-18)28-15-22(20-6-5-7-23(27)17(20)3)21-13-19(14-26)9-11-25(21)28/h5-9,11-13,15,24H,4,10,27H2,1-3H3. The highest BCUT2D eigenvalue weighted by Gasteiger charge is 2.21. The number of nitrogens with zero attached hydrogens (tertiary/aromatic N) is 2. The van der Waals surface area contributed by atoms with Crippen molar-refractivity contribution in [1.82, 2.24) is 4.57 Å². The summed E-state index contributed by atoms with van der Waals surface area (Å²) in [5, 5.41) is 10.5. The Morgan fingerprint density at radius 1 is 1.18 bits per heavy atom. The number of hydrogen-bond acceptors (Lipinski definition) is 2. The third-order valence-corrected chi connectivity index (χ3v) is 5.91. The van der Waals surface area contributed by atoms with Crippen LogP contribution in [0.2, 0.25) is 0 Å². The van der Waals surface area contributed by atoms with Crippen molar-refractivity contribution in [2.75, 3.05) is 5.73 Å². The topological polar surface area (TPSA) is 54.7 Å². The van der Waals surface area contributed by atoms with Gasteiger partial charge < -0.3 is 10.3 Å². The summed E-state index contributed by atoms with van der Waals surface area (Å²) in [6, 6.07) is 14.6. The average molecular weight is 367 g/mol. The first kappa shape index (κ1) is 18.1. The third-order valence-electron chi connectivity index (χ3n) is 5.91. The van der Waals surface area contributed by atoms with Gasteiger partial charge in [-0.25, -0.2) is 0 Å². The molecule has 2 N–H and O–H groups in total. The maximum Gasteiger partial charge on any atom is 0.0991 e. The van der Waals surface area contributed by atoms with Crippen molar-refractivity contribution in [1.29, 1.82) is 5.26 Å². The van der Waals surface area contributed by atoms with Gasteiger partial charge in [-0.2, -0.15) is 5.26 Å². The molecular weight excluding hydrogens is 342 g/mol. The molecule has 2 aromatic carbocycles. The molecule has 0 spiro atoms. The van der Waals surface area contributed by atoms with Crippen LogP contribution in [0.3, 0.4) is 0 Å². The van der Waals surface area contributed by atoms with Crippen LogP contribution in [0.4, 0.5) is 5.69 Å². The second-order valence-corrected chi connectivity index (χ2v) is 7.59. The van der Waals surface area contributed by atoms with Crippen molar-refractivity contribution in [2.24, 2.45) is 0 Å². The summed E-state index contributed by atoms with van der Waals surface area (Å²) in [6.45, 7) is 6.48. The van der Waals surface area contributed by atoms with E-state index in [1.54, 1.807) is 0 Å². The van der Waals surface area contributed by atoms with Crippen LogP contribution in [-0.4, -0.2) is 4.57 Å². The first-order valence-corrected chi connectivity index (χ1v) is 9.80. The van der Waals surface area contributed by atoms with Gasteiger partial charge in [-0.3, -0.25) is 0 Å². The second-order valence-electron chi connectivity index (χ2n) is 7.59. The van der Waals surface area contributed by atoms with Crippen LogP contribution in [0.15, 0.2) is 65.9 Å². The highest BCUT2D eigenvalue weighted by Crippen LogP contribution is 2.39. The number of anilines is 1. The van der Waals surface area contributed by atoms with Gasteiger partial charge in [0, 0.05) is 28.4 Å². The molecule has 0 fully saturated rings. The maximum absolute atomic E-state index is 9.42. The molecule has 3 nitrogen and oxygen atoms in total. The lowest BCUT2D eigenvalue weighted by Crippen LogP contribution is -2.11. The predicted octanol–water partition coefficient (Wildman–Crippen LogP) is 6.30. The average Bonchev–Trinajstić information content (AvgIpc) is 3.08. The van der Waals surface area contributed by atoms with Crippen LogP contribution >= 0.6 is 0 Å². The van der Waals surface area contributed by atoms with Gasteiger partial charge in [0.05, 0.1) is 17.7 Å². The summed E-state index contributed by atoms with van der Waals surface area (Å²) < 4.78 is 2.36. The number of allylic oxidation sites excluding steroid dienone is 4. The summed E-state index contributed by atoms with van der Waals surface area (Å²) in [5.74, 6) is 0. The molecule has 3 aromatic rings. The Kier molecular flexibility index (Phi) is 4.57. The molecule has 140 valence electrons. The number of hydrogen-bond donors (Lipinski definition) is 1. The summed E-state index contributed by atoms with van der Waals surface area (Å²) in [7, 11) is 0. The summed E-state index contributed by atoms with van der Waals surface area (Å²) in [4.78, 5) is 0. The Labute approximate surface area is 166 Å². The lowest BCUT2D eigenvalue weighted by atomic mass is 9.94. The monoisotopic (exact) mass is 367 g/mol. The van der Waals surface area contributed by atoms with Crippen LogP contribution in [0.1, 0.15) is 43.9 Å². The van der Waals surface area contributed by atoms with Crippen LogP contribution < -0.4 is 5.73 Å². The Hall–Kier alpha value is -3.25. The van der Waals surface area contributed by atoms with E-state index in [1.165, 1.54) is 11.1 Å². The first-order valence-electron chi connectivity index (χ1n) is 9.80. The fraction of sp³-hybridized carbons (Fsp3) is 0.240. The van der Waals surface area contributed by atoms with E-state index in [1.807, 2.05) is 24.3 Å². The molecule has 0 radical (unpaired) electrons. The highest BCUT2D eigenvalue weighted by atomic mass is 15.0. The number of nitrogen functional groups attached to an aromatic ring is 1. The maximum atomic E-state index is 9.42. The third kappa shape index (κ3) is 2.92. The van der Waals surface area contributed by atoms with Crippen molar-refractivity contribution in [2.45, 2.75) is 39.7 Å². The smallest absolute Gasteiger partial charge is 0.0991 e. The Balaban J connectivity index is 1.95. The lowest BCUT2D eigenvalue weighted by Gasteiger charge is -2.24. The normalized spacial score (nSPS) is 16.6. The van der Waals surface area contributed by atoms with Gasteiger partial charge in [0.15, 0.2) is 0 Å². The van der Waals surface area contributed by atoms with Gasteiger partial charge in [0.2, 0.25) is 0 Å². The van der Waals surface area contributed by atoms with E-state index in [2.05, 4.69) is 61.9 Å². The van der Waals surface area contributed by atoms with Crippen molar-refractivity contribution in [3.63, 3.8) is 0 Å². The minimum absolute atomic E-state index is 0.292. The Bertz CT molecular complexity index is 1170. The molecule has 1 aliphatic carbocycles. The zero-order chi connectivity index (χ0) is 19.8. The molecule has 3 heteroatoms. The van der Waals surface area contributed by atoms with Crippen LogP contribution in [0.5, 0.6) is 0 Å². The molecule has 0 aliphatic heterocycles. The molecule has 1 aliphatic rings. The molecule has 1 atom stereocenters. The van der Waals surface area contributed by atoms with Crippen LogP contribution in [0, 0.1) is 18.3 Å². The molecule has 0 amide bonds. The number of nitriles is 1. The molecule has 1 heterocycles. The van der Waals surface area contributed by atoms with Gasteiger partial charge in [-0.1, -0.05) is 42.4 Å². The van der Waals surface area contributed by atoms with Gasteiger partial charge in [-0.05, 0) is 62.1 Å². The quantitative estimate of drug-likeness (QED) is 0.552. The van der Waals surface area contributed by atoms with Gasteiger partial charge >= 0.3 is 0 Å². The predicted molar refractivity (Wildman–Crippen MR) is 117 cm³/mol. The molecule has 1 unspecified atom stereocenters. The molecule has 4 rings (SSSR count). The second kappa shape index (κ2) is 7.05. The number of fused-ring (bicyclic) bond motifs is 1. The van der Waals surface area contributed by atoms with E-state index < -0.39 is 0 Å². The molecule has 0 bridgehead atoms. The fourth-order valence-electron chi connectivity index (χ4n) is 4.22. The zero-order valence-electron chi connectivity index (χ0n) is 16.7. The van der Waals surface area contributed by atoms with Crippen LogP contribution in [-0.2, 0) is 0 Å². The Morgan fingerprint density at radius 2 is 2.00 bits per heavy atom. The summed E-state index contributed by atoms with van der Waals surface area (Å²) in [5.41, 5.74) is 14.9. The van der Waals surface area contributed by atoms with E-state index in [-0.39, 0.29) is 0 Å². The summed E-state index contributed by atoms with van der Waals surface area (Å²) in [6.07, 6.45) is 8.95. The summed E-state index contributed by atoms with van der Waals surface area (Å²) >= 11 is 0. The number of aromatic nitrogens is 1. The largest absolute Gasteiger partial charge is 0.398 e. The van der Waals surface area contributed by atoms with Gasteiger partial charge in [0.1, 0.15) is 0 Å². The SMILES string of the molecule is CCC1=CCC(n2cc(-c3cccc(N)c3C)c3cc(C#N)ccc32)C(C)=C1. The van der Waals surface area contributed by atoms with Gasteiger partial charge in [-0.15, -0.1) is 0 Å². The van der Waals surface area contributed by atoms with E-state index in [4.69, 9.17) is 5.73 Å². The van der Waals surface area contributed by atoms with Gasteiger partial charge in [0.25, 0.3) is 0 Å². The van der Waals surface area contributed by atoms with E-state index >= 15 is 0 Å². The van der Waals surface area contributed by atoms with E-state index in [0.717, 1.165) is 46.1 Å². The van der Waals surface area contributed by atoms with E-state index in [0.29, 0.717) is 11.6 Å². The minimum Gasteiger partial charge on any atom is -0.398 e. The number of benzene rings is 2. The fourth-order valence-corrected chi connectivity index (χ4v) is 4.22.